The van der Waals surface area contributed by atoms with E-state index in [1.54, 1.807) is 38.6 Å². The van der Waals surface area contributed by atoms with Crippen molar-refractivity contribution < 1.29 is 23.9 Å². The average Bonchev–Trinajstić information content (AvgIpc) is 3.13. The standard InChI is InChI=1S/C45H48N2O5S/c1-43(2,3)51-41(49)35-21-17-20-34(29-35)33-19-16-18-32(28-33)30-46-40(48)39(47-42(50)52-44(4,5)6)31-53-45(36-22-10-7-11-23-36,37-24-12-8-13-25-37)38-26-14-9-15-27-38/h7-29,39H,30-31H2,1-6H3,(H,46,48)(H,47,50)/t39-/m0/s1. The molecule has 0 aliphatic heterocycles. The third-order valence-electron chi connectivity index (χ3n) is 8.24. The summed E-state index contributed by atoms with van der Waals surface area (Å²) in [6.45, 7) is 11.1. The predicted octanol–water partition coefficient (Wildman–Crippen LogP) is 9.54. The first-order valence-corrected chi connectivity index (χ1v) is 18.7. The molecule has 0 saturated carbocycles. The monoisotopic (exact) mass is 728 g/mol. The van der Waals surface area contributed by atoms with Crippen molar-refractivity contribution in [3.8, 4) is 11.1 Å². The van der Waals surface area contributed by atoms with Crippen LogP contribution in [-0.4, -0.2) is 41.0 Å². The third kappa shape index (κ3) is 10.6. The van der Waals surface area contributed by atoms with Crippen molar-refractivity contribution in [1.82, 2.24) is 10.6 Å². The van der Waals surface area contributed by atoms with E-state index in [1.807, 2.05) is 118 Å². The highest BCUT2D eigenvalue weighted by atomic mass is 32.2. The van der Waals surface area contributed by atoms with Crippen molar-refractivity contribution in [2.45, 2.75) is 70.1 Å². The zero-order valence-electron chi connectivity index (χ0n) is 31.2. The normalized spacial score (nSPS) is 12.3. The van der Waals surface area contributed by atoms with Gasteiger partial charge in [0.1, 0.15) is 17.2 Å². The Hall–Kier alpha value is -5.34. The minimum Gasteiger partial charge on any atom is -0.456 e. The molecule has 2 N–H and O–H groups in total. The first-order chi connectivity index (χ1) is 25.2. The Kier molecular flexibility index (Phi) is 12.5. The smallest absolute Gasteiger partial charge is 0.408 e. The van der Waals surface area contributed by atoms with Gasteiger partial charge in [-0.1, -0.05) is 121 Å². The van der Waals surface area contributed by atoms with Crippen LogP contribution in [0.3, 0.4) is 0 Å². The molecule has 0 unspecified atom stereocenters. The minimum atomic E-state index is -0.931. The molecule has 0 fully saturated rings. The van der Waals surface area contributed by atoms with E-state index in [0.717, 1.165) is 33.4 Å². The van der Waals surface area contributed by atoms with E-state index in [-0.39, 0.29) is 24.2 Å². The maximum atomic E-state index is 14.1. The molecule has 8 heteroatoms. The largest absolute Gasteiger partial charge is 0.456 e. The van der Waals surface area contributed by atoms with Gasteiger partial charge in [0.25, 0.3) is 0 Å². The number of alkyl carbamates (subject to hydrolysis) is 1. The number of ether oxygens (including phenoxy) is 2. The summed E-state index contributed by atoms with van der Waals surface area (Å²) in [5.41, 5.74) is 4.84. The Bertz CT molecular complexity index is 1890. The Morgan fingerprint density at radius 1 is 0.604 bits per heavy atom. The predicted molar refractivity (Wildman–Crippen MR) is 214 cm³/mol. The van der Waals surface area contributed by atoms with E-state index < -0.39 is 28.1 Å². The van der Waals surface area contributed by atoms with E-state index in [0.29, 0.717) is 5.56 Å². The van der Waals surface area contributed by atoms with Crippen molar-refractivity contribution in [2.75, 3.05) is 5.75 Å². The van der Waals surface area contributed by atoms with Crippen LogP contribution in [0.4, 0.5) is 4.79 Å². The van der Waals surface area contributed by atoms with Gasteiger partial charge in [0, 0.05) is 12.3 Å². The molecule has 0 aliphatic carbocycles. The number of amides is 2. The van der Waals surface area contributed by atoms with Crippen molar-refractivity contribution >= 4 is 29.7 Å². The van der Waals surface area contributed by atoms with Crippen molar-refractivity contribution in [3.63, 3.8) is 0 Å². The highest BCUT2D eigenvalue weighted by Crippen LogP contribution is 2.48. The van der Waals surface area contributed by atoms with Crippen LogP contribution in [0.1, 0.15) is 74.2 Å². The lowest BCUT2D eigenvalue weighted by Gasteiger charge is -2.36. The molecule has 0 aliphatic rings. The zero-order chi connectivity index (χ0) is 38.1. The molecule has 274 valence electrons. The molecule has 1 atom stereocenters. The molecule has 0 radical (unpaired) electrons. The van der Waals surface area contributed by atoms with Gasteiger partial charge >= 0.3 is 12.1 Å². The first-order valence-electron chi connectivity index (χ1n) is 17.7. The molecule has 7 nitrogen and oxygen atoms in total. The molecule has 5 aromatic carbocycles. The van der Waals surface area contributed by atoms with Crippen LogP contribution in [-0.2, 0) is 25.6 Å². The van der Waals surface area contributed by atoms with Crippen molar-refractivity contribution in [3.05, 3.63) is 167 Å². The summed E-state index contributed by atoms with van der Waals surface area (Å²) < 4.78 is 10.5. The van der Waals surface area contributed by atoms with Crippen molar-refractivity contribution in [2.24, 2.45) is 0 Å². The van der Waals surface area contributed by atoms with Crippen LogP contribution in [0.2, 0.25) is 0 Å². The van der Waals surface area contributed by atoms with Gasteiger partial charge in [-0.25, -0.2) is 9.59 Å². The van der Waals surface area contributed by atoms with E-state index >= 15 is 0 Å². The van der Waals surface area contributed by atoms with Crippen LogP contribution in [0.5, 0.6) is 0 Å². The van der Waals surface area contributed by atoms with Gasteiger partial charge in [0.05, 0.1) is 10.3 Å². The van der Waals surface area contributed by atoms with E-state index in [9.17, 15) is 14.4 Å². The van der Waals surface area contributed by atoms with Crippen LogP contribution in [0.25, 0.3) is 11.1 Å². The van der Waals surface area contributed by atoms with Crippen LogP contribution in [0.15, 0.2) is 140 Å². The maximum Gasteiger partial charge on any atom is 0.408 e. The fourth-order valence-electron chi connectivity index (χ4n) is 5.95. The Morgan fingerprint density at radius 3 is 1.60 bits per heavy atom. The Morgan fingerprint density at radius 2 is 1.09 bits per heavy atom. The molecule has 0 aromatic heterocycles. The molecule has 5 rings (SSSR count). The number of carbonyl (C=O) groups excluding carboxylic acids is 3. The molecule has 0 saturated heterocycles. The number of esters is 1. The lowest BCUT2D eigenvalue weighted by molar-refractivity contribution is -0.122. The summed E-state index contributed by atoms with van der Waals surface area (Å²) in [6.07, 6.45) is -0.671. The van der Waals surface area contributed by atoms with E-state index in [4.69, 9.17) is 9.47 Å². The van der Waals surface area contributed by atoms with Crippen LogP contribution in [0, 0.1) is 0 Å². The number of hydrogen-bond donors (Lipinski definition) is 2. The highest BCUT2D eigenvalue weighted by molar-refractivity contribution is 8.00. The van der Waals surface area contributed by atoms with E-state index in [1.165, 1.54) is 0 Å². The van der Waals surface area contributed by atoms with Gasteiger partial charge in [0.15, 0.2) is 0 Å². The van der Waals surface area contributed by atoms with Gasteiger partial charge in [-0.2, -0.15) is 0 Å². The molecule has 5 aromatic rings. The molecule has 53 heavy (non-hydrogen) atoms. The van der Waals surface area contributed by atoms with Gasteiger partial charge in [-0.05, 0) is 93.1 Å². The topological polar surface area (TPSA) is 93.7 Å². The van der Waals surface area contributed by atoms with Crippen molar-refractivity contribution in [1.29, 1.82) is 0 Å². The number of rotatable bonds is 12. The lowest BCUT2D eigenvalue weighted by atomic mass is 9.84. The van der Waals surface area contributed by atoms with Gasteiger partial charge in [0.2, 0.25) is 5.91 Å². The second-order valence-electron chi connectivity index (χ2n) is 14.8. The lowest BCUT2D eigenvalue weighted by Crippen LogP contribution is -2.50. The first kappa shape index (κ1) is 38.9. The number of carbonyl (C=O) groups is 3. The quantitative estimate of drug-likeness (QED) is 0.0982. The fourth-order valence-corrected chi connectivity index (χ4v) is 7.51. The molecule has 2 amide bonds. The minimum absolute atomic E-state index is 0.219. The Labute approximate surface area is 317 Å². The zero-order valence-corrected chi connectivity index (χ0v) is 32.0. The summed E-state index contributed by atoms with van der Waals surface area (Å²) in [6, 6.07) is 44.8. The molecule has 0 heterocycles. The van der Waals surface area contributed by atoms with Gasteiger partial charge in [-0.15, -0.1) is 11.8 Å². The summed E-state index contributed by atoms with van der Waals surface area (Å²) in [4.78, 5) is 40.0. The number of thioether (sulfide) groups is 1. The second kappa shape index (κ2) is 17.0. The third-order valence-corrected chi connectivity index (χ3v) is 9.88. The molecular weight excluding hydrogens is 681 g/mol. The number of benzene rings is 5. The maximum absolute atomic E-state index is 14.1. The number of nitrogens with one attached hydrogen (secondary N) is 2. The van der Waals surface area contributed by atoms with Crippen LogP contribution < -0.4 is 10.6 Å². The van der Waals surface area contributed by atoms with E-state index in [2.05, 4.69) is 47.0 Å². The van der Waals surface area contributed by atoms with Gasteiger partial charge in [-0.3, -0.25) is 4.79 Å². The summed E-state index contributed by atoms with van der Waals surface area (Å²) in [5, 5.41) is 5.93. The molecule has 0 spiro atoms. The van der Waals surface area contributed by atoms with Crippen LogP contribution >= 0.6 is 11.8 Å². The molecule has 0 bridgehead atoms. The SMILES string of the molecule is CC(C)(C)OC(=O)N[C@@H](CSC(c1ccccc1)(c1ccccc1)c1ccccc1)C(=O)NCc1cccc(-c2cccc(C(=O)OC(C)(C)C)c2)c1. The fraction of sp³-hybridized carbons (Fsp3) is 0.267. The highest BCUT2D eigenvalue weighted by Gasteiger charge is 2.39. The summed E-state index contributed by atoms with van der Waals surface area (Å²) in [5.74, 6) is -0.495. The molecular formula is C45H48N2O5S. The van der Waals surface area contributed by atoms with Gasteiger partial charge < -0.3 is 20.1 Å². The summed E-state index contributed by atoms with van der Waals surface area (Å²) in [7, 11) is 0. The average molecular weight is 729 g/mol. The Balaban J connectivity index is 1.41. The summed E-state index contributed by atoms with van der Waals surface area (Å²) >= 11 is 1.58. The number of hydrogen-bond acceptors (Lipinski definition) is 6. The second-order valence-corrected chi connectivity index (χ2v) is 16.0.